The molecule has 0 heterocycles. The number of amides is 3. The van der Waals surface area contributed by atoms with Crippen LogP contribution in [0.15, 0.2) is 48.5 Å². The van der Waals surface area contributed by atoms with Crippen LogP contribution in [-0.2, 0) is 27.2 Å². The van der Waals surface area contributed by atoms with E-state index in [1.165, 1.54) is 0 Å². The molecule has 2 rings (SSSR count). The summed E-state index contributed by atoms with van der Waals surface area (Å²) in [6, 6.07) is 12.2. The Morgan fingerprint density at radius 1 is 0.886 bits per heavy atom. The Bertz CT molecular complexity index is 1170. The van der Waals surface area contributed by atoms with Gasteiger partial charge in [0.2, 0.25) is 11.8 Å². The van der Waals surface area contributed by atoms with E-state index in [2.05, 4.69) is 38.3 Å². The number of hydrogen-bond acceptors (Lipinski definition) is 5. The highest BCUT2D eigenvalue weighted by molar-refractivity contribution is 5.92. The number of ether oxygens (including phenoxy) is 1. The molecule has 3 amide bonds. The van der Waals surface area contributed by atoms with Crippen molar-refractivity contribution in [2.45, 2.75) is 124 Å². The minimum Gasteiger partial charge on any atom is -0.508 e. The molecule has 8 nitrogen and oxygen atoms in total. The Hall–Kier alpha value is -3.55. The van der Waals surface area contributed by atoms with Crippen molar-refractivity contribution in [1.82, 2.24) is 15.5 Å². The van der Waals surface area contributed by atoms with Crippen molar-refractivity contribution in [3.8, 4) is 5.75 Å². The lowest BCUT2D eigenvalue weighted by Crippen LogP contribution is -2.56. The Morgan fingerprint density at radius 3 is 2.05 bits per heavy atom. The number of nitrogens with one attached hydrogen (secondary N) is 2. The third-order valence-electron chi connectivity index (χ3n) is 7.57. The number of rotatable bonds is 16. The summed E-state index contributed by atoms with van der Waals surface area (Å²) in [6.45, 7) is 16.3. The van der Waals surface area contributed by atoms with Gasteiger partial charge in [0.25, 0.3) is 0 Å². The van der Waals surface area contributed by atoms with E-state index in [4.69, 9.17) is 4.74 Å². The van der Waals surface area contributed by atoms with Gasteiger partial charge in [-0.05, 0) is 88.1 Å². The third-order valence-corrected chi connectivity index (χ3v) is 7.57. The minimum atomic E-state index is -1.01. The number of aromatic hydroxyl groups is 1. The van der Waals surface area contributed by atoms with Crippen molar-refractivity contribution >= 4 is 17.9 Å². The van der Waals surface area contributed by atoms with Crippen LogP contribution < -0.4 is 10.6 Å². The zero-order valence-electron chi connectivity index (χ0n) is 28.1. The molecule has 0 aliphatic heterocycles. The fourth-order valence-electron chi connectivity index (χ4n) is 5.07. The molecule has 2 aromatic rings. The lowest BCUT2D eigenvalue weighted by molar-refractivity contribution is -0.145. The lowest BCUT2D eigenvalue weighted by atomic mass is 9.95. The summed E-state index contributed by atoms with van der Waals surface area (Å²) in [5.74, 6) is -0.0903. The standard InChI is InChI=1S/C36H55N3O5/c1-9-11-12-23-37-33(41)32(29-19-15-27(10-2)16-20-29)39(26(5)14-13-25(3)4)34(42)31(38-35(43)44-36(6,7)8)24-28-17-21-30(40)22-18-28/h15-22,25-26,31-32,40H,9-14,23-24H2,1-8H3,(H,37,41)(H,38,43). The quantitative estimate of drug-likeness (QED) is 0.176. The first-order valence-electron chi connectivity index (χ1n) is 16.2. The molecule has 3 N–H and O–H groups in total. The maximum absolute atomic E-state index is 14.7. The van der Waals surface area contributed by atoms with E-state index in [-0.39, 0.29) is 30.0 Å². The van der Waals surface area contributed by atoms with E-state index in [1.807, 2.05) is 31.2 Å². The molecule has 8 heteroatoms. The van der Waals surface area contributed by atoms with Crippen molar-refractivity contribution < 1.29 is 24.2 Å². The van der Waals surface area contributed by atoms with Crippen LogP contribution in [0.2, 0.25) is 0 Å². The van der Waals surface area contributed by atoms with Crippen LogP contribution in [0, 0.1) is 5.92 Å². The molecule has 3 atom stereocenters. The largest absolute Gasteiger partial charge is 0.508 e. The second-order valence-electron chi connectivity index (χ2n) is 13.1. The van der Waals surface area contributed by atoms with Crippen molar-refractivity contribution in [2.75, 3.05) is 6.54 Å². The third kappa shape index (κ3) is 12.2. The minimum absolute atomic E-state index is 0.107. The second kappa shape index (κ2) is 17.7. The van der Waals surface area contributed by atoms with Crippen molar-refractivity contribution in [3.63, 3.8) is 0 Å². The first-order chi connectivity index (χ1) is 20.7. The van der Waals surface area contributed by atoms with Crippen LogP contribution >= 0.6 is 0 Å². The van der Waals surface area contributed by atoms with E-state index in [1.54, 1.807) is 49.9 Å². The number of unbranched alkanes of at least 4 members (excludes halogenated alkanes) is 2. The summed E-state index contributed by atoms with van der Waals surface area (Å²) in [5.41, 5.74) is 1.85. The molecular formula is C36H55N3O5. The Labute approximate surface area is 264 Å². The van der Waals surface area contributed by atoms with Crippen molar-refractivity contribution in [3.05, 3.63) is 65.2 Å². The fraction of sp³-hybridized carbons (Fsp3) is 0.583. The van der Waals surface area contributed by atoms with Crippen LogP contribution in [0.25, 0.3) is 0 Å². The Balaban J connectivity index is 2.62. The van der Waals surface area contributed by atoms with Crippen LogP contribution in [0.5, 0.6) is 5.75 Å². The molecule has 0 bridgehead atoms. The van der Waals surface area contributed by atoms with Crippen LogP contribution in [-0.4, -0.2) is 52.1 Å². The van der Waals surface area contributed by atoms with E-state index >= 15 is 0 Å². The Morgan fingerprint density at radius 2 is 1.50 bits per heavy atom. The summed E-state index contributed by atoms with van der Waals surface area (Å²) in [7, 11) is 0. The highest BCUT2D eigenvalue weighted by atomic mass is 16.6. The van der Waals surface area contributed by atoms with Gasteiger partial charge in [0, 0.05) is 19.0 Å². The maximum atomic E-state index is 14.7. The Kier molecular flexibility index (Phi) is 14.7. The predicted octanol–water partition coefficient (Wildman–Crippen LogP) is 7.09. The molecule has 244 valence electrons. The number of carbonyl (C=O) groups excluding carboxylic acids is 3. The van der Waals surface area contributed by atoms with E-state index < -0.39 is 23.8 Å². The number of nitrogens with zero attached hydrogens (tertiary/aromatic N) is 1. The molecule has 0 saturated carbocycles. The van der Waals surface area contributed by atoms with Crippen LogP contribution in [0.4, 0.5) is 4.79 Å². The van der Waals surface area contributed by atoms with Gasteiger partial charge in [-0.15, -0.1) is 0 Å². The number of phenols is 1. The molecule has 44 heavy (non-hydrogen) atoms. The molecule has 3 unspecified atom stereocenters. The monoisotopic (exact) mass is 609 g/mol. The van der Waals surface area contributed by atoms with Gasteiger partial charge < -0.3 is 25.4 Å². The molecule has 0 aliphatic rings. The van der Waals surface area contributed by atoms with Gasteiger partial charge in [0.05, 0.1) is 0 Å². The highest BCUT2D eigenvalue weighted by Gasteiger charge is 2.39. The van der Waals surface area contributed by atoms with Crippen LogP contribution in [0.3, 0.4) is 0 Å². The normalized spacial score (nSPS) is 13.6. The fourth-order valence-corrected chi connectivity index (χ4v) is 5.07. The van der Waals surface area contributed by atoms with Gasteiger partial charge in [0.15, 0.2) is 0 Å². The van der Waals surface area contributed by atoms with E-state index in [0.717, 1.165) is 48.8 Å². The van der Waals surface area contributed by atoms with Gasteiger partial charge in [-0.1, -0.05) is 76.9 Å². The average molecular weight is 610 g/mol. The zero-order valence-corrected chi connectivity index (χ0v) is 28.1. The molecule has 0 aliphatic carbocycles. The maximum Gasteiger partial charge on any atom is 0.408 e. The molecule has 0 saturated heterocycles. The molecule has 2 aromatic carbocycles. The summed E-state index contributed by atoms with van der Waals surface area (Å²) >= 11 is 0. The summed E-state index contributed by atoms with van der Waals surface area (Å²) in [6.07, 6.45) is 4.74. The van der Waals surface area contributed by atoms with Gasteiger partial charge in [-0.3, -0.25) is 9.59 Å². The lowest BCUT2D eigenvalue weighted by Gasteiger charge is -2.39. The van der Waals surface area contributed by atoms with Gasteiger partial charge in [-0.25, -0.2) is 4.79 Å². The topological polar surface area (TPSA) is 108 Å². The number of carbonyl (C=O) groups is 3. The average Bonchev–Trinajstić information content (AvgIpc) is 2.96. The molecule has 0 aromatic heterocycles. The number of alkyl carbamates (subject to hydrolysis) is 1. The number of hydrogen-bond donors (Lipinski definition) is 3. The van der Waals surface area contributed by atoms with Gasteiger partial charge >= 0.3 is 6.09 Å². The first kappa shape index (κ1) is 36.6. The SMILES string of the molecule is CCCCCNC(=O)C(c1ccc(CC)cc1)N(C(=O)C(Cc1ccc(O)cc1)NC(=O)OC(C)(C)C)C(C)CCC(C)C. The molecule has 0 radical (unpaired) electrons. The predicted molar refractivity (Wildman–Crippen MR) is 176 cm³/mol. The van der Waals surface area contributed by atoms with E-state index in [9.17, 15) is 19.5 Å². The summed E-state index contributed by atoms with van der Waals surface area (Å²) < 4.78 is 5.55. The highest BCUT2D eigenvalue weighted by Crippen LogP contribution is 2.29. The second-order valence-corrected chi connectivity index (χ2v) is 13.1. The van der Waals surface area contributed by atoms with E-state index in [0.29, 0.717) is 18.9 Å². The molecular weight excluding hydrogens is 554 g/mol. The first-order valence-corrected chi connectivity index (χ1v) is 16.2. The smallest absolute Gasteiger partial charge is 0.408 e. The molecule has 0 spiro atoms. The number of aryl methyl sites for hydroxylation is 1. The van der Waals surface area contributed by atoms with Crippen LogP contribution in [0.1, 0.15) is 110 Å². The molecule has 0 fully saturated rings. The van der Waals surface area contributed by atoms with Crippen molar-refractivity contribution in [2.24, 2.45) is 5.92 Å². The van der Waals surface area contributed by atoms with Crippen molar-refractivity contribution in [1.29, 1.82) is 0 Å². The van der Waals surface area contributed by atoms with Gasteiger partial charge in [-0.2, -0.15) is 0 Å². The number of benzene rings is 2. The zero-order chi connectivity index (χ0) is 32.9. The summed E-state index contributed by atoms with van der Waals surface area (Å²) in [4.78, 5) is 43.5. The van der Waals surface area contributed by atoms with Gasteiger partial charge in [0.1, 0.15) is 23.4 Å². The number of phenolic OH excluding ortho intramolecular Hbond substituents is 1. The summed E-state index contributed by atoms with van der Waals surface area (Å²) in [5, 5.41) is 15.7.